The Kier molecular flexibility index (Phi) is 6.59. The number of hydrogen-bond acceptors (Lipinski definition) is 4. The smallest absolute Gasteiger partial charge is 0.326 e. The zero-order chi connectivity index (χ0) is 22.8. The van der Waals surface area contributed by atoms with Crippen molar-refractivity contribution in [1.29, 1.82) is 5.26 Å². The van der Waals surface area contributed by atoms with Crippen molar-refractivity contribution in [1.82, 2.24) is 4.31 Å². The quantitative estimate of drug-likeness (QED) is 0.721. The minimum atomic E-state index is -4.65. The molecule has 0 aliphatic carbocycles. The van der Waals surface area contributed by atoms with Crippen molar-refractivity contribution in [2.45, 2.75) is 23.9 Å². The molecular weight excluding hydrogens is 455 g/mol. The first-order chi connectivity index (χ1) is 14.5. The summed E-state index contributed by atoms with van der Waals surface area (Å²) >= 11 is 5.58. The van der Waals surface area contributed by atoms with Gasteiger partial charge in [0.2, 0.25) is 15.9 Å². The Hall–Kier alpha value is -2.61. The van der Waals surface area contributed by atoms with Gasteiger partial charge in [-0.15, -0.1) is 0 Å². The van der Waals surface area contributed by atoms with Crippen LogP contribution in [-0.2, 0) is 21.0 Å². The minimum absolute atomic E-state index is 0.0330. The molecule has 1 saturated heterocycles. The molecule has 1 amide bonds. The Bertz CT molecular complexity index is 1120. The van der Waals surface area contributed by atoms with Crippen molar-refractivity contribution in [3.8, 4) is 6.07 Å². The van der Waals surface area contributed by atoms with E-state index in [9.17, 15) is 26.4 Å². The van der Waals surface area contributed by atoms with Crippen LogP contribution in [0.1, 0.15) is 24.0 Å². The molecule has 0 saturated carbocycles. The third-order valence-corrected chi connectivity index (χ3v) is 7.23. The minimum Gasteiger partial charge on any atom is -0.326 e. The van der Waals surface area contributed by atoms with E-state index in [0.717, 1.165) is 12.1 Å². The van der Waals surface area contributed by atoms with Gasteiger partial charge in [0.25, 0.3) is 0 Å². The van der Waals surface area contributed by atoms with Gasteiger partial charge in [0.05, 0.1) is 27.1 Å². The van der Waals surface area contributed by atoms with Crippen LogP contribution in [0.25, 0.3) is 0 Å². The number of nitrogens with zero attached hydrogens (tertiary/aromatic N) is 2. The Balaban J connectivity index is 1.64. The molecule has 1 aliphatic heterocycles. The summed E-state index contributed by atoms with van der Waals surface area (Å²) in [5, 5.41) is 10.8. The van der Waals surface area contributed by atoms with Crippen molar-refractivity contribution in [2.75, 3.05) is 18.4 Å². The number of halogens is 4. The highest BCUT2D eigenvalue weighted by molar-refractivity contribution is 7.89. The van der Waals surface area contributed by atoms with Gasteiger partial charge in [-0.2, -0.15) is 22.7 Å². The van der Waals surface area contributed by atoms with Gasteiger partial charge in [-0.25, -0.2) is 8.42 Å². The van der Waals surface area contributed by atoms with Gasteiger partial charge in [0.15, 0.2) is 0 Å². The lowest BCUT2D eigenvalue weighted by atomic mass is 9.97. The molecular formula is C20H17ClF3N3O3S. The predicted molar refractivity (Wildman–Crippen MR) is 108 cm³/mol. The molecule has 0 spiro atoms. The van der Waals surface area contributed by atoms with Crippen molar-refractivity contribution in [2.24, 2.45) is 5.92 Å². The molecule has 1 heterocycles. The molecule has 11 heteroatoms. The average Bonchev–Trinajstić information content (AvgIpc) is 2.74. The van der Waals surface area contributed by atoms with Crippen LogP contribution in [0.4, 0.5) is 18.9 Å². The van der Waals surface area contributed by atoms with E-state index in [2.05, 4.69) is 5.32 Å². The third-order valence-electron chi connectivity index (χ3n) is 4.99. The van der Waals surface area contributed by atoms with Crippen LogP contribution in [0.2, 0.25) is 5.02 Å². The maximum atomic E-state index is 13.0. The van der Waals surface area contributed by atoms with Crippen molar-refractivity contribution < 1.29 is 26.4 Å². The van der Waals surface area contributed by atoms with Gasteiger partial charge in [0.1, 0.15) is 0 Å². The number of alkyl halides is 3. The van der Waals surface area contributed by atoms with Gasteiger partial charge in [-0.05, 0) is 55.3 Å². The van der Waals surface area contributed by atoms with Gasteiger partial charge in [-0.1, -0.05) is 11.6 Å². The third kappa shape index (κ3) is 5.18. The average molecular weight is 472 g/mol. The first-order valence-electron chi connectivity index (χ1n) is 9.20. The fraction of sp³-hybridized carbons (Fsp3) is 0.300. The van der Waals surface area contributed by atoms with E-state index >= 15 is 0 Å². The number of piperidine rings is 1. The SMILES string of the molecule is N#Cc1ccc(S(=O)(=O)N2CCC(C(=O)Nc3ccc(Cl)c(C(F)(F)F)c3)CC2)cc1. The number of carbonyl (C=O) groups is 1. The summed E-state index contributed by atoms with van der Waals surface area (Å²) in [5.41, 5.74) is -0.741. The number of benzene rings is 2. The maximum absolute atomic E-state index is 13.0. The van der Waals surface area contributed by atoms with Crippen LogP contribution in [0.15, 0.2) is 47.4 Å². The van der Waals surface area contributed by atoms with Gasteiger partial charge in [0, 0.05) is 24.7 Å². The van der Waals surface area contributed by atoms with E-state index < -0.39 is 38.6 Å². The van der Waals surface area contributed by atoms with E-state index in [4.69, 9.17) is 16.9 Å². The van der Waals surface area contributed by atoms with Gasteiger partial charge < -0.3 is 5.32 Å². The van der Waals surface area contributed by atoms with Crippen molar-refractivity contribution in [3.05, 3.63) is 58.6 Å². The van der Waals surface area contributed by atoms with Crippen LogP contribution in [0.5, 0.6) is 0 Å². The molecule has 0 bridgehead atoms. The van der Waals surface area contributed by atoms with Crippen LogP contribution in [-0.4, -0.2) is 31.7 Å². The zero-order valence-electron chi connectivity index (χ0n) is 16.0. The Morgan fingerprint density at radius 1 is 1.13 bits per heavy atom. The van der Waals surface area contributed by atoms with Gasteiger partial charge >= 0.3 is 6.18 Å². The first-order valence-corrected chi connectivity index (χ1v) is 11.0. The topological polar surface area (TPSA) is 90.3 Å². The fourth-order valence-corrected chi connectivity index (χ4v) is 4.97. The van der Waals surface area contributed by atoms with E-state index in [0.29, 0.717) is 5.56 Å². The second-order valence-corrected chi connectivity index (χ2v) is 9.34. The molecule has 0 unspecified atom stereocenters. The molecule has 2 aromatic rings. The largest absolute Gasteiger partial charge is 0.417 e. The zero-order valence-corrected chi connectivity index (χ0v) is 17.6. The Morgan fingerprint density at radius 3 is 2.29 bits per heavy atom. The number of rotatable bonds is 4. The summed E-state index contributed by atoms with van der Waals surface area (Å²) in [6.07, 6.45) is -4.20. The molecule has 0 aromatic heterocycles. The standard InChI is InChI=1S/C20H17ClF3N3O3S/c21-18-6-3-15(11-17(18)20(22,23)24)26-19(28)14-7-9-27(10-8-14)31(29,30)16-4-1-13(12-25)2-5-16/h1-6,11,14H,7-10H2,(H,26,28). The highest BCUT2D eigenvalue weighted by Crippen LogP contribution is 2.36. The fourth-order valence-electron chi connectivity index (χ4n) is 3.27. The molecule has 2 aromatic carbocycles. The summed E-state index contributed by atoms with van der Waals surface area (Å²) < 4.78 is 65.7. The molecule has 1 N–H and O–H groups in total. The number of anilines is 1. The number of sulfonamides is 1. The number of nitrogens with one attached hydrogen (secondary N) is 1. The molecule has 1 fully saturated rings. The monoisotopic (exact) mass is 471 g/mol. The second-order valence-electron chi connectivity index (χ2n) is 7.00. The lowest BCUT2D eigenvalue weighted by Crippen LogP contribution is -2.41. The van der Waals surface area contributed by atoms with Gasteiger partial charge in [-0.3, -0.25) is 4.79 Å². The summed E-state index contributed by atoms with van der Waals surface area (Å²) in [6, 6.07) is 10.6. The van der Waals surface area contributed by atoms with E-state index in [1.54, 1.807) is 0 Å². The number of amides is 1. The molecule has 0 radical (unpaired) electrons. The van der Waals surface area contributed by atoms with Crippen molar-refractivity contribution in [3.63, 3.8) is 0 Å². The van der Waals surface area contributed by atoms with Crippen LogP contribution >= 0.6 is 11.6 Å². The number of carbonyl (C=O) groups excluding carboxylic acids is 1. The molecule has 1 aliphatic rings. The number of hydrogen-bond donors (Lipinski definition) is 1. The highest BCUT2D eigenvalue weighted by atomic mass is 35.5. The van der Waals surface area contributed by atoms with Crippen LogP contribution in [0.3, 0.4) is 0 Å². The van der Waals surface area contributed by atoms with E-state index in [1.807, 2.05) is 6.07 Å². The molecule has 6 nitrogen and oxygen atoms in total. The predicted octanol–water partition coefficient (Wildman–Crippen LogP) is 4.27. The molecule has 164 valence electrons. The molecule has 0 atom stereocenters. The summed E-state index contributed by atoms with van der Waals surface area (Å²) in [6.45, 7) is 0.184. The first kappa shape index (κ1) is 23.1. The highest BCUT2D eigenvalue weighted by Gasteiger charge is 2.34. The Morgan fingerprint density at radius 2 is 1.74 bits per heavy atom. The Labute approximate surface area is 182 Å². The van der Waals surface area contributed by atoms with Crippen molar-refractivity contribution >= 4 is 33.2 Å². The maximum Gasteiger partial charge on any atom is 0.417 e. The van der Waals surface area contributed by atoms with E-state index in [1.165, 1.54) is 34.6 Å². The van der Waals surface area contributed by atoms with Crippen LogP contribution < -0.4 is 5.32 Å². The molecule has 3 rings (SSSR count). The normalized spacial score (nSPS) is 16.0. The summed E-state index contributed by atoms with van der Waals surface area (Å²) in [5.74, 6) is -1.02. The van der Waals surface area contributed by atoms with E-state index in [-0.39, 0.29) is 36.5 Å². The summed E-state index contributed by atoms with van der Waals surface area (Å²) in [7, 11) is -3.77. The summed E-state index contributed by atoms with van der Waals surface area (Å²) in [4.78, 5) is 12.5. The van der Waals surface area contributed by atoms with Crippen LogP contribution in [0, 0.1) is 17.2 Å². The molecule has 31 heavy (non-hydrogen) atoms. The lowest BCUT2D eigenvalue weighted by Gasteiger charge is -2.30. The lowest BCUT2D eigenvalue weighted by molar-refractivity contribution is -0.137. The number of nitriles is 1. The second kappa shape index (κ2) is 8.86.